The highest BCUT2D eigenvalue weighted by molar-refractivity contribution is 5.93. The summed E-state index contributed by atoms with van der Waals surface area (Å²) in [5.41, 5.74) is 2.07. The number of amides is 1. The highest BCUT2D eigenvalue weighted by Crippen LogP contribution is 2.29. The van der Waals surface area contributed by atoms with E-state index in [4.69, 9.17) is 9.47 Å². The van der Waals surface area contributed by atoms with Gasteiger partial charge in [0.15, 0.2) is 0 Å². The van der Waals surface area contributed by atoms with Crippen molar-refractivity contribution in [3.63, 3.8) is 0 Å². The van der Waals surface area contributed by atoms with E-state index in [2.05, 4.69) is 40.5 Å². The van der Waals surface area contributed by atoms with Gasteiger partial charge in [-0.25, -0.2) is 0 Å². The van der Waals surface area contributed by atoms with Crippen molar-refractivity contribution < 1.29 is 14.3 Å². The average Bonchev–Trinajstić information content (AvgIpc) is 2.70. The number of hydrogen-bond acceptors (Lipinski definition) is 4. The number of ether oxygens (including phenoxy) is 2. The second-order valence-corrected chi connectivity index (χ2v) is 7.02. The number of anilines is 1. The first kappa shape index (κ1) is 19.2. The Labute approximate surface area is 161 Å². The van der Waals surface area contributed by atoms with Gasteiger partial charge in [0.2, 0.25) is 5.91 Å². The summed E-state index contributed by atoms with van der Waals surface area (Å²) in [7, 11) is 3.19. The zero-order valence-corrected chi connectivity index (χ0v) is 16.1. The average molecular weight is 368 g/mol. The molecule has 2 aromatic carbocycles. The fraction of sp³-hybridized carbons (Fsp3) is 0.409. The molecule has 0 radical (unpaired) electrons. The Kier molecular flexibility index (Phi) is 6.71. The Morgan fingerprint density at radius 2 is 1.81 bits per heavy atom. The maximum atomic E-state index is 12.4. The second-order valence-electron chi connectivity index (χ2n) is 7.02. The zero-order chi connectivity index (χ0) is 19.1. The lowest BCUT2D eigenvalue weighted by molar-refractivity contribution is -0.117. The molecule has 0 unspecified atom stereocenters. The highest BCUT2D eigenvalue weighted by Gasteiger charge is 2.21. The molecule has 1 amide bonds. The van der Waals surface area contributed by atoms with Crippen LogP contribution in [0.25, 0.3) is 0 Å². The number of nitrogens with zero attached hydrogens (tertiary/aromatic N) is 1. The number of hydrogen-bond donors (Lipinski definition) is 1. The molecule has 144 valence electrons. The summed E-state index contributed by atoms with van der Waals surface area (Å²) in [6, 6.07) is 16.0. The molecule has 0 saturated carbocycles. The summed E-state index contributed by atoms with van der Waals surface area (Å²) in [5, 5.41) is 2.95. The van der Waals surface area contributed by atoms with Gasteiger partial charge in [-0.3, -0.25) is 9.69 Å². The molecule has 1 aliphatic rings. The van der Waals surface area contributed by atoms with E-state index in [1.54, 1.807) is 20.3 Å². The molecule has 1 N–H and O–H groups in total. The molecular formula is C22H28N2O3. The first-order chi connectivity index (χ1) is 13.2. The molecule has 27 heavy (non-hydrogen) atoms. The topological polar surface area (TPSA) is 50.8 Å². The largest absolute Gasteiger partial charge is 0.497 e. The minimum absolute atomic E-state index is 0.0139. The third kappa shape index (κ3) is 5.47. The standard InChI is InChI=1S/C22H28N2O3/c1-26-19-8-9-20(21(15-19)27-2)23-22(25)16-24-12-10-18(11-13-24)14-17-6-4-3-5-7-17/h3-9,15,18H,10-14,16H2,1-2H3,(H,23,25). The molecule has 0 aromatic heterocycles. The predicted octanol–water partition coefficient (Wildman–Crippen LogP) is 3.60. The van der Waals surface area contributed by atoms with Crippen molar-refractivity contribution in [2.24, 2.45) is 5.92 Å². The molecule has 0 bridgehead atoms. The van der Waals surface area contributed by atoms with Gasteiger partial charge in [-0.15, -0.1) is 0 Å². The van der Waals surface area contributed by atoms with Crippen molar-refractivity contribution in [3.8, 4) is 11.5 Å². The molecule has 1 heterocycles. The molecule has 0 aliphatic carbocycles. The van der Waals surface area contributed by atoms with Crippen molar-refractivity contribution in [2.75, 3.05) is 39.2 Å². The van der Waals surface area contributed by atoms with Gasteiger partial charge in [0.25, 0.3) is 0 Å². The third-order valence-corrected chi connectivity index (χ3v) is 5.12. The van der Waals surface area contributed by atoms with Gasteiger partial charge in [0, 0.05) is 6.07 Å². The molecule has 0 atom stereocenters. The first-order valence-corrected chi connectivity index (χ1v) is 9.46. The Morgan fingerprint density at radius 3 is 2.48 bits per heavy atom. The van der Waals surface area contributed by atoms with Gasteiger partial charge in [-0.05, 0) is 56.0 Å². The van der Waals surface area contributed by atoms with Gasteiger partial charge in [-0.1, -0.05) is 30.3 Å². The Hall–Kier alpha value is -2.53. The number of nitrogens with one attached hydrogen (secondary N) is 1. The van der Waals surface area contributed by atoms with Crippen LogP contribution in [-0.2, 0) is 11.2 Å². The number of rotatable bonds is 7. The van der Waals surface area contributed by atoms with Crippen molar-refractivity contribution >= 4 is 11.6 Å². The van der Waals surface area contributed by atoms with Crippen LogP contribution in [0, 0.1) is 5.92 Å². The van der Waals surface area contributed by atoms with E-state index in [1.807, 2.05) is 12.1 Å². The number of piperidine rings is 1. The molecule has 1 fully saturated rings. The third-order valence-electron chi connectivity index (χ3n) is 5.12. The second kappa shape index (κ2) is 9.42. The van der Waals surface area contributed by atoms with Crippen LogP contribution in [0.3, 0.4) is 0 Å². The first-order valence-electron chi connectivity index (χ1n) is 9.46. The van der Waals surface area contributed by atoms with Crippen LogP contribution in [0.1, 0.15) is 18.4 Å². The van der Waals surface area contributed by atoms with Gasteiger partial charge in [0.05, 0.1) is 26.5 Å². The van der Waals surface area contributed by atoms with E-state index < -0.39 is 0 Å². The molecule has 1 aliphatic heterocycles. The van der Waals surface area contributed by atoms with Crippen LogP contribution in [0.2, 0.25) is 0 Å². The minimum atomic E-state index is -0.0139. The lowest BCUT2D eigenvalue weighted by atomic mass is 9.90. The smallest absolute Gasteiger partial charge is 0.238 e. The van der Waals surface area contributed by atoms with E-state index in [1.165, 1.54) is 5.56 Å². The molecule has 0 spiro atoms. The SMILES string of the molecule is COc1ccc(NC(=O)CN2CCC(Cc3ccccc3)CC2)c(OC)c1. The van der Waals surface area contributed by atoms with E-state index in [-0.39, 0.29) is 5.91 Å². The van der Waals surface area contributed by atoms with Crippen LogP contribution in [0.15, 0.2) is 48.5 Å². The highest BCUT2D eigenvalue weighted by atomic mass is 16.5. The lowest BCUT2D eigenvalue weighted by Crippen LogP contribution is -2.39. The van der Waals surface area contributed by atoms with Crippen molar-refractivity contribution in [1.29, 1.82) is 0 Å². The van der Waals surface area contributed by atoms with Crippen molar-refractivity contribution in [2.45, 2.75) is 19.3 Å². The molecule has 5 nitrogen and oxygen atoms in total. The molecular weight excluding hydrogens is 340 g/mol. The molecule has 5 heteroatoms. The maximum Gasteiger partial charge on any atom is 0.238 e. The van der Waals surface area contributed by atoms with Gasteiger partial charge in [-0.2, -0.15) is 0 Å². The lowest BCUT2D eigenvalue weighted by Gasteiger charge is -2.31. The van der Waals surface area contributed by atoms with Crippen molar-refractivity contribution in [3.05, 3.63) is 54.1 Å². The van der Waals surface area contributed by atoms with Gasteiger partial charge in [0.1, 0.15) is 11.5 Å². The summed E-state index contributed by atoms with van der Waals surface area (Å²) in [5.74, 6) is 1.99. The Bertz CT molecular complexity index is 740. The minimum Gasteiger partial charge on any atom is -0.497 e. The fourth-order valence-corrected chi connectivity index (χ4v) is 3.59. The number of carbonyl (C=O) groups is 1. The maximum absolute atomic E-state index is 12.4. The Balaban J connectivity index is 1.47. The quantitative estimate of drug-likeness (QED) is 0.811. The van der Waals surface area contributed by atoms with E-state index >= 15 is 0 Å². The van der Waals surface area contributed by atoms with Gasteiger partial charge >= 0.3 is 0 Å². The molecule has 2 aromatic rings. The van der Waals surface area contributed by atoms with E-state index in [0.29, 0.717) is 29.6 Å². The summed E-state index contributed by atoms with van der Waals surface area (Å²) >= 11 is 0. The van der Waals surface area contributed by atoms with Crippen LogP contribution in [0.4, 0.5) is 5.69 Å². The zero-order valence-electron chi connectivity index (χ0n) is 16.1. The summed E-state index contributed by atoms with van der Waals surface area (Å²) < 4.78 is 10.5. The van der Waals surface area contributed by atoms with Crippen molar-refractivity contribution in [1.82, 2.24) is 4.90 Å². The summed E-state index contributed by atoms with van der Waals surface area (Å²) in [4.78, 5) is 14.7. The molecule has 3 rings (SSSR count). The fourth-order valence-electron chi connectivity index (χ4n) is 3.59. The number of methoxy groups -OCH3 is 2. The van der Waals surface area contributed by atoms with E-state index in [0.717, 1.165) is 32.4 Å². The van der Waals surface area contributed by atoms with Crippen LogP contribution >= 0.6 is 0 Å². The number of likely N-dealkylation sites (tertiary alicyclic amines) is 1. The van der Waals surface area contributed by atoms with E-state index in [9.17, 15) is 4.79 Å². The normalized spacial score (nSPS) is 15.3. The summed E-state index contributed by atoms with van der Waals surface area (Å²) in [6.07, 6.45) is 3.39. The number of benzene rings is 2. The monoisotopic (exact) mass is 368 g/mol. The Morgan fingerprint density at radius 1 is 1.07 bits per heavy atom. The summed E-state index contributed by atoms with van der Waals surface area (Å²) in [6.45, 7) is 2.34. The van der Waals surface area contributed by atoms with Gasteiger partial charge < -0.3 is 14.8 Å². The van der Waals surface area contributed by atoms with Crippen LogP contribution in [-0.4, -0.2) is 44.7 Å². The molecule has 1 saturated heterocycles. The van der Waals surface area contributed by atoms with Crippen LogP contribution < -0.4 is 14.8 Å². The number of carbonyl (C=O) groups excluding carboxylic acids is 1. The van der Waals surface area contributed by atoms with Crippen LogP contribution in [0.5, 0.6) is 11.5 Å². The predicted molar refractivity (Wildman–Crippen MR) is 107 cm³/mol.